The molecule has 1 saturated heterocycles. The highest BCUT2D eigenvalue weighted by atomic mass is 19.1. The topological polar surface area (TPSA) is 113 Å². The average Bonchev–Trinajstić information content (AvgIpc) is 3.44. The Morgan fingerprint density at radius 3 is 2.94 bits per heavy atom. The van der Waals surface area contributed by atoms with E-state index in [4.69, 9.17) is 14.9 Å². The number of nitrogens with two attached hydrogens (primary N) is 1. The maximum absolute atomic E-state index is 15.0. The Balaban J connectivity index is 1.84. The zero-order chi connectivity index (χ0) is 24.7. The lowest BCUT2D eigenvalue weighted by molar-refractivity contribution is -0.00709. The molecule has 1 aliphatic rings. The standard InChI is InChI=1S/C25H27FN6O3/c1-4-16-9-15(6-8-34-16)32-23-18-10-17(20(27)5-7-28-2)19(26)11-21(18)35-24(23)22(30-25(32)33)14-12-29-31(3)13-14/h5,7,10-13,15-16H,4,6,8-9,27H2,1-3H3. The van der Waals surface area contributed by atoms with E-state index in [1.54, 1.807) is 41.8 Å². The summed E-state index contributed by atoms with van der Waals surface area (Å²) in [5.74, 6) is -0.531. The zero-order valence-electron chi connectivity index (χ0n) is 19.9. The molecule has 3 aromatic heterocycles. The van der Waals surface area contributed by atoms with Crippen molar-refractivity contribution in [1.29, 1.82) is 0 Å². The number of fused-ring (bicyclic) bond motifs is 3. The minimum atomic E-state index is -0.531. The first-order chi connectivity index (χ1) is 16.9. The molecule has 5 rings (SSSR count). The van der Waals surface area contributed by atoms with Gasteiger partial charge in [0, 0.05) is 67.4 Å². The van der Waals surface area contributed by atoms with Crippen LogP contribution in [0, 0.1) is 5.82 Å². The monoisotopic (exact) mass is 478 g/mol. The number of aliphatic imine (C=N–C) groups is 1. The third-order valence-electron chi connectivity index (χ3n) is 6.47. The van der Waals surface area contributed by atoms with E-state index in [2.05, 4.69) is 22.0 Å². The van der Waals surface area contributed by atoms with E-state index in [0.29, 0.717) is 52.8 Å². The summed E-state index contributed by atoms with van der Waals surface area (Å²) in [6.45, 7) is 2.61. The van der Waals surface area contributed by atoms with Crippen LogP contribution in [0.2, 0.25) is 0 Å². The SMILES string of the molecule is CCC1CC(n2c(=O)nc(-c3cnn(C)c3)c3oc4cc(F)c(C(N)=CC=NC)cc4c32)CCO1. The van der Waals surface area contributed by atoms with Crippen LogP contribution >= 0.6 is 0 Å². The average molecular weight is 479 g/mol. The Hall–Kier alpha value is -3.79. The van der Waals surface area contributed by atoms with Crippen LogP contribution in [-0.4, -0.2) is 45.3 Å². The summed E-state index contributed by atoms with van der Waals surface area (Å²) in [6, 6.07) is 2.80. The van der Waals surface area contributed by atoms with Gasteiger partial charge in [0.1, 0.15) is 22.6 Å². The molecule has 4 heterocycles. The molecule has 0 spiro atoms. The lowest BCUT2D eigenvalue weighted by Gasteiger charge is -2.30. The van der Waals surface area contributed by atoms with Crippen LogP contribution in [0.5, 0.6) is 0 Å². The third-order valence-corrected chi connectivity index (χ3v) is 6.47. The summed E-state index contributed by atoms with van der Waals surface area (Å²) in [5, 5.41) is 4.80. The first-order valence-corrected chi connectivity index (χ1v) is 11.6. The second kappa shape index (κ2) is 9.10. The Bertz CT molecular complexity index is 1530. The molecule has 4 aromatic rings. The van der Waals surface area contributed by atoms with Crippen molar-refractivity contribution in [2.24, 2.45) is 17.8 Å². The van der Waals surface area contributed by atoms with E-state index >= 15 is 4.39 Å². The lowest BCUT2D eigenvalue weighted by atomic mass is 10.0. The molecule has 1 fully saturated rings. The van der Waals surface area contributed by atoms with Gasteiger partial charge in [-0.1, -0.05) is 6.92 Å². The fourth-order valence-corrected chi connectivity index (χ4v) is 4.72. The Labute approximate surface area is 200 Å². The van der Waals surface area contributed by atoms with Gasteiger partial charge in [0.05, 0.1) is 12.3 Å². The number of ether oxygens (including phenoxy) is 1. The smallest absolute Gasteiger partial charge is 0.349 e. The summed E-state index contributed by atoms with van der Waals surface area (Å²) >= 11 is 0. The normalized spacial score (nSPS) is 19.4. The summed E-state index contributed by atoms with van der Waals surface area (Å²) in [4.78, 5) is 21.8. The van der Waals surface area contributed by atoms with Gasteiger partial charge in [-0.3, -0.25) is 14.2 Å². The van der Waals surface area contributed by atoms with Gasteiger partial charge in [0.25, 0.3) is 0 Å². The van der Waals surface area contributed by atoms with Crippen LogP contribution in [0.4, 0.5) is 4.39 Å². The molecule has 2 N–H and O–H groups in total. The molecular formula is C25H27FN6O3. The minimum Gasteiger partial charge on any atom is -0.452 e. The maximum Gasteiger partial charge on any atom is 0.349 e. The Kier molecular flexibility index (Phi) is 5.98. The van der Waals surface area contributed by atoms with Crippen molar-refractivity contribution < 1.29 is 13.5 Å². The molecule has 182 valence electrons. The molecular weight excluding hydrogens is 451 g/mol. The molecule has 0 bridgehead atoms. The number of furan rings is 1. The lowest BCUT2D eigenvalue weighted by Crippen LogP contribution is -2.34. The molecule has 10 heteroatoms. The van der Waals surface area contributed by atoms with Gasteiger partial charge in [-0.05, 0) is 31.4 Å². The van der Waals surface area contributed by atoms with Crippen LogP contribution in [-0.2, 0) is 11.8 Å². The van der Waals surface area contributed by atoms with Gasteiger partial charge >= 0.3 is 5.69 Å². The summed E-state index contributed by atoms with van der Waals surface area (Å²) in [5.41, 5.74) is 8.46. The van der Waals surface area contributed by atoms with Gasteiger partial charge in [-0.15, -0.1) is 0 Å². The van der Waals surface area contributed by atoms with E-state index in [9.17, 15) is 4.79 Å². The van der Waals surface area contributed by atoms with Crippen LogP contribution in [0.1, 0.15) is 37.8 Å². The predicted molar refractivity (Wildman–Crippen MR) is 133 cm³/mol. The molecule has 1 aromatic carbocycles. The number of nitrogens with zero attached hydrogens (tertiary/aromatic N) is 5. The quantitative estimate of drug-likeness (QED) is 0.437. The highest BCUT2D eigenvalue weighted by Gasteiger charge is 2.29. The number of halogens is 1. The molecule has 2 unspecified atom stereocenters. The fraction of sp³-hybridized carbons (Fsp3) is 0.360. The molecule has 0 radical (unpaired) electrons. The van der Waals surface area contributed by atoms with Gasteiger partial charge in [0.15, 0.2) is 5.58 Å². The van der Waals surface area contributed by atoms with Crippen molar-refractivity contribution in [3.63, 3.8) is 0 Å². The predicted octanol–water partition coefficient (Wildman–Crippen LogP) is 3.81. The third kappa shape index (κ3) is 4.03. The van der Waals surface area contributed by atoms with Crippen molar-refractivity contribution in [2.75, 3.05) is 13.7 Å². The Morgan fingerprint density at radius 2 is 2.23 bits per heavy atom. The van der Waals surface area contributed by atoms with Crippen molar-refractivity contribution in [3.05, 3.63) is 52.5 Å². The Morgan fingerprint density at radius 1 is 1.40 bits per heavy atom. The number of rotatable bonds is 5. The second-order valence-corrected chi connectivity index (χ2v) is 8.73. The molecule has 2 atom stereocenters. The highest BCUT2D eigenvalue weighted by Crippen LogP contribution is 2.38. The van der Waals surface area contributed by atoms with E-state index in [-0.39, 0.29) is 23.4 Å². The maximum atomic E-state index is 15.0. The number of hydrogen-bond acceptors (Lipinski definition) is 7. The molecule has 0 saturated carbocycles. The molecule has 35 heavy (non-hydrogen) atoms. The summed E-state index contributed by atoms with van der Waals surface area (Å²) in [6.07, 6.45) is 8.65. The number of aromatic nitrogens is 4. The van der Waals surface area contributed by atoms with Crippen LogP contribution in [0.25, 0.3) is 39.0 Å². The second-order valence-electron chi connectivity index (χ2n) is 8.73. The van der Waals surface area contributed by atoms with Gasteiger partial charge in [0.2, 0.25) is 0 Å². The highest BCUT2D eigenvalue weighted by molar-refractivity contribution is 6.07. The largest absolute Gasteiger partial charge is 0.452 e. The molecule has 0 aliphatic carbocycles. The molecule has 1 aliphatic heterocycles. The van der Waals surface area contributed by atoms with Crippen molar-refractivity contribution in [1.82, 2.24) is 19.3 Å². The minimum absolute atomic E-state index is 0.0479. The van der Waals surface area contributed by atoms with Crippen molar-refractivity contribution >= 4 is 34.0 Å². The zero-order valence-corrected chi connectivity index (χ0v) is 19.9. The van der Waals surface area contributed by atoms with Crippen LogP contribution in [0.15, 0.2) is 44.8 Å². The number of benzene rings is 1. The first kappa shape index (κ1) is 23.0. The van der Waals surface area contributed by atoms with Gasteiger partial charge < -0.3 is 14.9 Å². The molecule has 9 nitrogen and oxygen atoms in total. The van der Waals surface area contributed by atoms with E-state index in [0.717, 1.165) is 6.42 Å². The number of aryl methyl sites for hydroxylation is 1. The van der Waals surface area contributed by atoms with Crippen molar-refractivity contribution in [2.45, 2.75) is 38.3 Å². The summed E-state index contributed by atoms with van der Waals surface area (Å²) < 4.78 is 30.4. The van der Waals surface area contributed by atoms with Crippen LogP contribution in [0.3, 0.4) is 0 Å². The van der Waals surface area contributed by atoms with E-state index in [1.165, 1.54) is 18.4 Å². The first-order valence-electron chi connectivity index (χ1n) is 11.6. The van der Waals surface area contributed by atoms with Gasteiger partial charge in [-0.2, -0.15) is 10.1 Å². The number of hydrogen-bond donors (Lipinski definition) is 1. The van der Waals surface area contributed by atoms with Crippen molar-refractivity contribution in [3.8, 4) is 11.3 Å². The van der Waals surface area contributed by atoms with E-state index in [1.807, 2.05) is 0 Å². The molecule has 0 amide bonds. The van der Waals surface area contributed by atoms with Gasteiger partial charge in [-0.25, -0.2) is 9.18 Å². The fourth-order valence-electron chi connectivity index (χ4n) is 4.72. The van der Waals surface area contributed by atoms with Crippen LogP contribution < -0.4 is 11.4 Å². The van der Waals surface area contributed by atoms with E-state index < -0.39 is 11.5 Å². The summed E-state index contributed by atoms with van der Waals surface area (Å²) in [7, 11) is 3.39. The number of allylic oxidation sites excluding steroid dienone is 1.